The Bertz CT molecular complexity index is 474. The van der Waals surface area contributed by atoms with Crippen molar-refractivity contribution in [2.45, 2.75) is 11.8 Å². The second-order valence-electron chi connectivity index (χ2n) is 4.07. The Labute approximate surface area is 122 Å². The predicted molar refractivity (Wildman–Crippen MR) is 77.5 cm³/mol. The Kier molecular flexibility index (Phi) is 6.59. The molecule has 0 spiro atoms. The van der Waals surface area contributed by atoms with E-state index in [1.54, 1.807) is 12.1 Å². The van der Waals surface area contributed by atoms with Gasteiger partial charge in [0.05, 0.1) is 0 Å². The van der Waals surface area contributed by atoms with Crippen LogP contribution in [0.3, 0.4) is 0 Å². The minimum atomic E-state index is -0.823. The average molecular weight is 297 g/mol. The molecule has 1 rings (SSSR count). The number of ether oxygens (including phenoxy) is 1. The molecule has 0 radical (unpaired) electrons. The second kappa shape index (κ2) is 8.22. The third kappa shape index (κ3) is 5.32. The van der Waals surface area contributed by atoms with Gasteiger partial charge in [-0.05, 0) is 17.5 Å². The van der Waals surface area contributed by atoms with Crippen LogP contribution in [0.1, 0.15) is 16.5 Å². The Morgan fingerprint density at radius 1 is 1.40 bits per heavy atom. The van der Waals surface area contributed by atoms with Gasteiger partial charge in [0.1, 0.15) is 12.0 Å². The molecule has 20 heavy (non-hydrogen) atoms. The van der Waals surface area contributed by atoms with E-state index >= 15 is 0 Å². The van der Waals surface area contributed by atoms with Crippen LogP contribution in [-0.4, -0.2) is 25.2 Å². The first-order valence-electron chi connectivity index (χ1n) is 6.08. The van der Waals surface area contributed by atoms with Gasteiger partial charge >= 0.3 is 6.09 Å². The molecule has 0 aliphatic heterocycles. The lowest BCUT2D eigenvalue weighted by atomic mass is 10.1. The van der Waals surface area contributed by atoms with E-state index in [1.807, 2.05) is 12.1 Å². The number of amides is 2. The summed E-state index contributed by atoms with van der Waals surface area (Å²) < 4.78 is 4.77. The summed E-state index contributed by atoms with van der Waals surface area (Å²) >= 11 is 5.83. The van der Waals surface area contributed by atoms with Crippen LogP contribution in [0.25, 0.3) is 0 Å². The number of hydrogen-bond donors (Lipinski definition) is 2. The van der Waals surface area contributed by atoms with Crippen molar-refractivity contribution in [3.8, 4) is 0 Å². The molecule has 0 bridgehead atoms. The van der Waals surface area contributed by atoms with Crippen LogP contribution in [-0.2, 0) is 16.0 Å². The Morgan fingerprint density at radius 3 is 2.60 bits per heavy atom. The number of nitrogens with one attached hydrogen (secondary N) is 1. The summed E-state index contributed by atoms with van der Waals surface area (Å²) in [5.74, 6) is -0.578. The number of benzene rings is 1. The van der Waals surface area contributed by atoms with E-state index < -0.39 is 17.4 Å². The van der Waals surface area contributed by atoms with Gasteiger partial charge in [0.2, 0.25) is 5.91 Å². The highest BCUT2D eigenvalue weighted by molar-refractivity contribution is 6.30. The van der Waals surface area contributed by atoms with Crippen molar-refractivity contribution in [2.24, 2.45) is 5.73 Å². The van der Waals surface area contributed by atoms with Gasteiger partial charge in [0.15, 0.2) is 0 Å². The quantitative estimate of drug-likeness (QED) is 0.595. The first-order valence-corrected chi connectivity index (χ1v) is 6.52. The maximum absolute atomic E-state index is 11.2. The Balaban J connectivity index is 2.40. The molecule has 3 N–H and O–H groups in total. The van der Waals surface area contributed by atoms with Gasteiger partial charge in [-0.1, -0.05) is 36.9 Å². The molecular weight excluding hydrogens is 280 g/mol. The standard InChI is InChI=1S/C14H17ClN2O3/c1-2-9-20-14(19)17-8-7-10-3-5-11(6-4-10)12(15)13(16)18/h2-6,12H,1,7-9H2,(H2,16,18)(H,17,19). The zero-order valence-corrected chi connectivity index (χ0v) is 11.7. The number of hydrogen-bond acceptors (Lipinski definition) is 3. The average Bonchev–Trinajstić information content (AvgIpc) is 2.45. The molecule has 5 nitrogen and oxygen atoms in total. The molecule has 6 heteroatoms. The van der Waals surface area contributed by atoms with Crippen LogP contribution in [0.4, 0.5) is 4.79 Å². The molecule has 0 fully saturated rings. The topological polar surface area (TPSA) is 81.4 Å². The van der Waals surface area contributed by atoms with E-state index in [2.05, 4.69) is 11.9 Å². The minimum Gasteiger partial charge on any atom is -0.445 e. The number of nitrogens with two attached hydrogens (primary N) is 1. The molecule has 1 atom stereocenters. The normalized spacial score (nSPS) is 11.4. The highest BCUT2D eigenvalue weighted by atomic mass is 35.5. The van der Waals surface area contributed by atoms with E-state index in [4.69, 9.17) is 22.1 Å². The van der Waals surface area contributed by atoms with Gasteiger partial charge in [0.25, 0.3) is 0 Å². The number of alkyl carbamates (subject to hydrolysis) is 1. The molecule has 0 saturated carbocycles. The molecule has 1 unspecified atom stereocenters. The van der Waals surface area contributed by atoms with Gasteiger partial charge in [-0.25, -0.2) is 4.79 Å². The summed E-state index contributed by atoms with van der Waals surface area (Å²) in [6.45, 7) is 4.09. The van der Waals surface area contributed by atoms with E-state index in [0.717, 1.165) is 5.56 Å². The van der Waals surface area contributed by atoms with Crippen molar-refractivity contribution in [3.63, 3.8) is 0 Å². The lowest BCUT2D eigenvalue weighted by Gasteiger charge is -2.08. The fourth-order valence-electron chi connectivity index (χ4n) is 1.51. The summed E-state index contributed by atoms with van der Waals surface area (Å²) in [6, 6.07) is 7.16. The summed E-state index contributed by atoms with van der Waals surface area (Å²) in [5.41, 5.74) is 6.78. The van der Waals surface area contributed by atoms with Gasteiger partial charge in [-0.2, -0.15) is 0 Å². The van der Waals surface area contributed by atoms with Crippen LogP contribution in [0.5, 0.6) is 0 Å². The fraction of sp³-hybridized carbons (Fsp3) is 0.286. The molecule has 2 amide bonds. The van der Waals surface area contributed by atoms with Crippen LogP contribution in [0.15, 0.2) is 36.9 Å². The molecule has 0 aliphatic carbocycles. The largest absolute Gasteiger partial charge is 0.445 e. The first-order chi connectivity index (χ1) is 9.54. The van der Waals surface area contributed by atoms with Crippen molar-refractivity contribution < 1.29 is 14.3 Å². The zero-order chi connectivity index (χ0) is 15.0. The lowest BCUT2D eigenvalue weighted by Crippen LogP contribution is -2.26. The highest BCUT2D eigenvalue weighted by Crippen LogP contribution is 2.20. The lowest BCUT2D eigenvalue weighted by molar-refractivity contribution is -0.117. The molecule has 108 valence electrons. The number of rotatable bonds is 7. The van der Waals surface area contributed by atoms with Crippen molar-refractivity contribution in [2.75, 3.05) is 13.2 Å². The summed E-state index contributed by atoms with van der Waals surface area (Å²) in [7, 11) is 0. The SMILES string of the molecule is C=CCOC(=O)NCCc1ccc(C(Cl)C(N)=O)cc1. The molecule has 1 aromatic carbocycles. The van der Waals surface area contributed by atoms with Gasteiger partial charge in [-0.15, -0.1) is 11.6 Å². The highest BCUT2D eigenvalue weighted by Gasteiger charge is 2.13. The predicted octanol–water partition coefficient (Wildman–Crippen LogP) is 1.91. The third-order valence-corrected chi connectivity index (χ3v) is 3.00. The number of alkyl halides is 1. The Hall–Kier alpha value is -2.01. The van der Waals surface area contributed by atoms with Crippen molar-refractivity contribution in [1.29, 1.82) is 0 Å². The smallest absolute Gasteiger partial charge is 0.407 e. The number of carbonyl (C=O) groups is 2. The Morgan fingerprint density at radius 2 is 2.05 bits per heavy atom. The summed E-state index contributed by atoms with van der Waals surface area (Å²) in [4.78, 5) is 22.1. The zero-order valence-electron chi connectivity index (χ0n) is 11.0. The molecule has 0 aromatic heterocycles. The van der Waals surface area contributed by atoms with E-state index in [1.165, 1.54) is 6.08 Å². The second-order valence-corrected chi connectivity index (χ2v) is 4.51. The monoisotopic (exact) mass is 296 g/mol. The summed E-state index contributed by atoms with van der Waals surface area (Å²) in [6.07, 6.45) is 1.67. The molecule has 0 heterocycles. The van der Waals surface area contributed by atoms with E-state index in [9.17, 15) is 9.59 Å². The van der Waals surface area contributed by atoms with Crippen LogP contribution >= 0.6 is 11.6 Å². The third-order valence-electron chi connectivity index (χ3n) is 2.54. The van der Waals surface area contributed by atoms with Crippen LogP contribution in [0, 0.1) is 0 Å². The minimum absolute atomic E-state index is 0.185. The summed E-state index contributed by atoms with van der Waals surface area (Å²) in [5, 5.41) is 1.79. The van der Waals surface area contributed by atoms with E-state index in [0.29, 0.717) is 18.5 Å². The number of halogens is 1. The molecular formula is C14H17ClN2O3. The number of primary amides is 1. The molecule has 1 aromatic rings. The van der Waals surface area contributed by atoms with Gasteiger partial charge in [0, 0.05) is 6.54 Å². The number of carbonyl (C=O) groups excluding carboxylic acids is 2. The fourth-order valence-corrected chi connectivity index (χ4v) is 1.66. The first kappa shape index (κ1) is 16.0. The van der Waals surface area contributed by atoms with E-state index in [-0.39, 0.29) is 6.61 Å². The van der Waals surface area contributed by atoms with Crippen molar-refractivity contribution >= 4 is 23.6 Å². The van der Waals surface area contributed by atoms with Crippen LogP contribution < -0.4 is 11.1 Å². The molecule has 0 saturated heterocycles. The molecule has 0 aliphatic rings. The maximum atomic E-state index is 11.2. The van der Waals surface area contributed by atoms with Crippen LogP contribution in [0.2, 0.25) is 0 Å². The van der Waals surface area contributed by atoms with Gasteiger partial charge in [-0.3, -0.25) is 4.79 Å². The van der Waals surface area contributed by atoms with Crippen molar-refractivity contribution in [1.82, 2.24) is 5.32 Å². The van der Waals surface area contributed by atoms with Crippen molar-refractivity contribution in [3.05, 3.63) is 48.0 Å². The maximum Gasteiger partial charge on any atom is 0.407 e. The van der Waals surface area contributed by atoms with Gasteiger partial charge < -0.3 is 15.8 Å².